The molecule has 30 heavy (non-hydrogen) atoms. The van der Waals surface area contributed by atoms with Crippen molar-refractivity contribution in [1.82, 2.24) is 0 Å². The number of thiocarbonyl (C=S) groups is 1. The minimum Gasteiger partial charge on any atom is -0.332 e. The number of nitro benzene ring substituents is 1. The number of nitrogens with zero attached hydrogens (tertiary/aromatic N) is 1. The highest BCUT2D eigenvalue weighted by Gasteiger charge is 2.14. The molecule has 0 atom stereocenters. The van der Waals surface area contributed by atoms with Crippen molar-refractivity contribution in [3.63, 3.8) is 0 Å². The van der Waals surface area contributed by atoms with Crippen LogP contribution in [0.3, 0.4) is 0 Å². The molecule has 0 bridgehead atoms. The molecule has 154 valence electrons. The van der Waals surface area contributed by atoms with Crippen LogP contribution in [0.25, 0.3) is 0 Å². The van der Waals surface area contributed by atoms with Crippen molar-refractivity contribution in [3.8, 4) is 0 Å². The van der Waals surface area contributed by atoms with Crippen LogP contribution in [0.4, 0.5) is 22.7 Å². The fourth-order valence-electron chi connectivity index (χ4n) is 2.44. The van der Waals surface area contributed by atoms with Crippen LogP contribution in [-0.2, 0) is 10.0 Å². The van der Waals surface area contributed by atoms with E-state index in [4.69, 9.17) is 23.8 Å². The number of hydrogen-bond donors (Lipinski definition) is 3. The summed E-state index contributed by atoms with van der Waals surface area (Å²) in [4.78, 5) is 10.4. The fraction of sp³-hybridized carbons (Fsp3) is 0. The Morgan fingerprint density at radius 1 is 0.900 bits per heavy atom. The molecule has 0 amide bonds. The van der Waals surface area contributed by atoms with E-state index in [9.17, 15) is 18.5 Å². The number of hydrogen-bond acceptors (Lipinski definition) is 5. The normalized spacial score (nSPS) is 10.8. The molecule has 0 unspecified atom stereocenters. The molecule has 3 N–H and O–H groups in total. The number of benzene rings is 3. The molecular weight excluding hydrogens is 448 g/mol. The van der Waals surface area contributed by atoms with E-state index in [-0.39, 0.29) is 15.7 Å². The van der Waals surface area contributed by atoms with E-state index < -0.39 is 14.9 Å². The first-order chi connectivity index (χ1) is 14.2. The van der Waals surface area contributed by atoms with E-state index in [1.807, 2.05) is 0 Å². The lowest BCUT2D eigenvalue weighted by Crippen LogP contribution is -2.19. The van der Waals surface area contributed by atoms with E-state index in [0.717, 1.165) is 0 Å². The number of anilines is 3. The monoisotopic (exact) mass is 462 g/mol. The van der Waals surface area contributed by atoms with Crippen molar-refractivity contribution in [3.05, 3.63) is 87.9 Å². The summed E-state index contributed by atoms with van der Waals surface area (Å²) in [6.07, 6.45) is 0. The van der Waals surface area contributed by atoms with Gasteiger partial charge in [0, 0.05) is 34.2 Å². The molecule has 0 radical (unpaired) electrons. The Morgan fingerprint density at radius 2 is 1.50 bits per heavy atom. The first kappa shape index (κ1) is 21.5. The molecule has 0 aromatic heterocycles. The summed E-state index contributed by atoms with van der Waals surface area (Å²) < 4.78 is 27.4. The van der Waals surface area contributed by atoms with Gasteiger partial charge in [-0.2, -0.15) is 0 Å². The summed E-state index contributed by atoms with van der Waals surface area (Å²) in [7, 11) is -3.77. The Balaban J connectivity index is 1.65. The summed E-state index contributed by atoms with van der Waals surface area (Å²) in [5.41, 5.74) is 1.32. The van der Waals surface area contributed by atoms with Gasteiger partial charge in [-0.1, -0.05) is 17.7 Å². The van der Waals surface area contributed by atoms with Crippen LogP contribution in [0.2, 0.25) is 5.02 Å². The van der Waals surface area contributed by atoms with Crippen molar-refractivity contribution < 1.29 is 13.3 Å². The number of halogens is 1. The maximum absolute atomic E-state index is 12.5. The zero-order valence-electron chi connectivity index (χ0n) is 15.2. The van der Waals surface area contributed by atoms with Gasteiger partial charge >= 0.3 is 0 Å². The third-order valence-electron chi connectivity index (χ3n) is 3.83. The zero-order chi connectivity index (χ0) is 21.7. The smallest absolute Gasteiger partial charge is 0.271 e. The molecule has 0 aliphatic rings. The highest BCUT2D eigenvalue weighted by atomic mass is 35.5. The Kier molecular flexibility index (Phi) is 6.50. The topological polar surface area (TPSA) is 113 Å². The summed E-state index contributed by atoms with van der Waals surface area (Å²) in [6, 6.07) is 18.2. The van der Waals surface area contributed by atoms with Crippen molar-refractivity contribution in [2.75, 3.05) is 15.4 Å². The van der Waals surface area contributed by atoms with Crippen LogP contribution in [0.15, 0.2) is 77.7 Å². The fourth-order valence-corrected chi connectivity index (χ4v) is 3.86. The van der Waals surface area contributed by atoms with Gasteiger partial charge in [-0.05, 0) is 66.8 Å². The molecular formula is C19H15ClN4O4S2. The average molecular weight is 463 g/mol. The van der Waals surface area contributed by atoms with Gasteiger partial charge in [0.05, 0.1) is 9.82 Å². The van der Waals surface area contributed by atoms with E-state index in [2.05, 4.69) is 15.4 Å². The molecule has 0 spiro atoms. The first-order valence-corrected chi connectivity index (χ1v) is 10.7. The van der Waals surface area contributed by atoms with Gasteiger partial charge < -0.3 is 10.6 Å². The second-order valence-corrected chi connectivity index (χ2v) is 8.55. The molecule has 0 aliphatic heterocycles. The minimum absolute atomic E-state index is 0.0643. The van der Waals surface area contributed by atoms with Gasteiger partial charge in [0.25, 0.3) is 15.7 Å². The van der Waals surface area contributed by atoms with Gasteiger partial charge in [0.15, 0.2) is 5.11 Å². The van der Waals surface area contributed by atoms with Crippen LogP contribution in [0, 0.1) is 10.1 Å². The number of rotatable bonds is 6. The summed E-state index contributed by atoms with van der Waals surface area (Å²) in [5, 5.41) is 17.3. The predicted octanol–water partition coefficient (Wildman–Crippen LogP) is 4.86. The van der Waals surface area contributed by atoms with Crippen molar-refractivity contribution in [1.29, 1.82) is 0 Å². The quantitative estimate of drug-likeness (QED) is 0.272. The molecule has 8 nitrogen and oxygen atoms in total. The standard InChI is InChI=1S/C19H15ClN4O4S2/c20-13-4-6-15(7-5-13)23-30(27,28)18-10-8-14(9-11-18)21-19(29)22-16-2-1-3-17(12-16)24(25)26/h1-12,23H,(H2,21,22,29). The van der Waals surface area contributed by atoms with Gasteiger partial charge in [-0.3, -0.25) is 14.8 Å². The van der Waals surface area contributed by atoms with Crippen molar-refractivity contribution in [2.45, 2.75) is 4.90 Å². The molecule has 0 saturated heterocycles. The van der Waals surface area contributed by atoms with Crippen LogP contribution in [0.5, 0.6) is 0 Å². The second kappa shape index (κ2) is 9.08. The van der Waals surface area contributed by atoms with Gasteiger partial charge in [-0.25, -0.2) is 8.42 Å². The van der Waals surface area contributed by atoms with E-state index in [0.29, 0.717) is 22.1 Å². The molecule has 11 heteroatoms. The Bertz CT molecular complexity index is 1180. The van der Waals surface area contributed by atoms with Gasteiger partial charge in [0.2, 0.25) is 0 Å². The van der Waals surface area contributed by atoms with Crippen LogP contribution < -0.4 is 15.4 Å². The maximum atomic E-state index is 12.5. The summed E-state index contributed by atoms with van der Waals surface area (Å²) in [6.45, 7) is 0. The van der Waals surface area contributed by atoms with Crippen molar-refractivity contribution >= 4 is 61.7 Å². The molecule has 0 heterocycles. The maximum Gasteiger partial charge on any atom is 0.271 e. The van der Waals surface area contributed by atoms with Crippen LogP contribution >= 0.6 is 23.8 Å². The molecule has 0 fully saturated rings. The molecule has 3 aromatic carbocycles. The van der Waals surface area contributed by atoms with E-state index >= 15 is 0 Å². The molecule has 0 saturated carbocycles. The van der Waals surface area contributed by atoms with Gasteiger partial charge in [-0.15, -0.1) is 0 Å². The third kappa shape index (κ3) is 5.66. The lowest BCUT2D eigenvalue weighted by Gasteiger charge is -2.12. The SMILES string of the molecule is O=[N+]([O-])c1cccc(NC(=S)Nc2ccc(S(=O)(=O)Nc3ccc(Cl)cc3)cc2)c1. The van der Waals surface area contributed by atoms with Crippen LogP contribution in [0.1, 0.15) is 0 Å². The average Bonchev–Trinajstić information content (AvgIpc) is 2.70. The van der Waals surface area contributed by atoms with Crippen LogP contribution in [-0.4, -0.2) is 18.5 Å². The highest BCUT2D eigenvalue weighted by molar-refractivity contribution is 7.92. The number of nitrogens with one attached hydrogen (secondary N) is 3. The second-order valence-electron chi connectivity index (χ2n) is 6.02. The Labute approximate surface area is 183 Å². The first-order valence-electron chi connectivity index (χ1n) is 8.44. The van der Waals surface area contributed by atoms with E-state index in [1.165, 1.54) is 30.3 Å². The lowest BCUT2D eigenvalue weighted by atomic mass is 10.3. The molecule has 0 aliphatic carbocycles. The summed E-state index contributed by atoms with van der Waals surface area (Å²) in [5.74, 6) is 0. The number of non-ortho nitro benzene ring substituents is 1. The predicted molar refractivity (Wildman–Crippen MR) is 122 cm³/mol. The minimum atomic E-state index is -3.77. The zero-order valence-corrected chi connectivity index (χ0v) is 17.6. The molecule has 3 rings (SSSR count). The third-order valence-corrected chi connectivity index (χ3v) is 5.69. The lowest BCUT2D eigenvalue weighted by molar-refractivity contribution is -0.384. The van der Waals surface area contributed by atoms with Crippen molar-refractivity contribution in [2.24, 2.45) is 0 Å². The Hall–Kier alpha value is -3.21. The number of nitro groups is 1. The largest absolute Gasteiger partial charge is 0.332 e. The van der Waals surface area contributed by atoms with E-state index in [1.54, 1.807) is 42.5 Å². The molecule has 3 aromatic rings. The Morgan fingerprint density at radius 3 is 2.13 bits per heavy atom. The highest BCUT2D eigenvalue weighted by Crippen LogP contribution is 2.21. The van der Waals surface area contributed by atoms with Gasteiger partial charge in [0.1, 0.15) is 0 Å². The summed E-state index contributed by atoms with van der Waals surface area (Å²) >= 11 is 11.0. The number of sulfonamides is 1.